The van der Waals surface area contributed by atoms with Crippen molar-refractivity contribution in [1.82, 2.24) is 4.90 Å². The van der Waals surface area contributed by atoms with Crippen LogP contribution >= 0.6 is 0 Å². The van der Waals surface area contributed by atoms with Gasteiger partial charge in [-0.3, -0.25) is 10.1 Å². The number of carbonyl (C=O) groups is 1. The first-order chi connectivity index (χ1) is 9.77. The van der Waals surface area contributed by atoms with E-state index in [1.165, 1.54) is 0 Å². The summed E-state index contributed by atoms with van der Waals surface area (Å²) in [6.45, 7) is 1.14. The van der Waals surface area contributed by atoms with Gasteiger partial charge in [-0.15, -0.1) is 0 Å². The van der Waals surface area contributed by atoms with Crippen molar-refractivity contribution in [3.63, 3.8) is 0 Å². The molecule has 0 saturated carbocycles. The van der Waals surface area contributed by atoms with Crippen LogP contribution in [0.15, 0.2) is 12.1 Å². The molecule has 0 aliphatic rings. The van der Waals surface area contributed by atoms with Gasteiger partial charge in [0.2, 0.25) is 0 Å². The average Bonchev–Trinajstić information content (AvgIpc) is 2.43. The van der Waals surface area contributed by atoms with Gasteiger partial charge in [-0.2, -0.15) is 0 Å². The Bertz CT molecular complexity index is 548. The molecule has 116 valence electrons. The SMILES string of the molecule is COC(=O)c1cc(N(C)CCN(C)C)c([N+](=O)[O-])cc1F. The average molecular weight is 299 g/mol. The number of hydrogen-bond donors (Lipinski definition) is 0. The van der Waals surface area contributed by atoms with E-state index in [2.05, 4.69) is 4.74 Å². The van der Waals surface area contributed by atoms with Gasteiger partial charge in [0.05, 0.1) is 23.7 Å². The lowest BCUT2D eigenvalue weighted by molar-refractivity contribution is -0.384. The Labute approximate surface area is 122 Å². The van der Waals surface area contributed by atoms with E-state index in [9.17, 15) is 19.3 Å². The fourth-order valence-corrected chi connectivity index (χ4v) is 1.74. The number of halogens is 1. The van der Waals surface area contributed by atoms with Crippen LogP contribution in [0, 0.1) is 15.9 Å². The third kappa shape index (κ3) is 4.12. The molecule has 0 saturated heterocycles. The maximum absolute atomic E-state index is 13.8. The molecule has 0 spiro atoms. The molecule has 0 fully saturated rings. The summed E-state index contributed by atoms with van der Waals surface area (Å²) >= 11 is 0. The number of methoxy groups -OCH3 is 1. The molecule has 0 radical (unpaired) electrons. The Morgan fingerprint density at radius 3 is 2.43 bits per heavy atom. The summed E-state index contributed by atoms with van der Waals surface area (Å²) in [5.41, 5.74) is -0.542. The van der Waals surface area contributed by atoms with E-state index < -0.39 is 16.7 Å². The molecule has 21 heavy (non-hydrogen) atoms. The Balaban J connectivity index is 3.25. The summed E-state index contributed by atoms with van der Waals surface area (Å²) < 4.78 is 18.2. The zero-order valence-electron chi connectivity index (χ0n) is 12.4. The van der Waals surface area contributed by atoms with Crippen LogP contribution in [0.4, 0.5) is 15.8 Å². The molecule has 0 bridgehead atoms. The maximum atomic E-state index is 13.8. The van der Waals surface area contributed by atoms with Crippen LogP contribution in [0.5, 0.6) is 0 Å². The number of ether oxygens (including phenoxy) is 1. The highest BCUT2D eigenvalue weighted by atomic mass is 19.1. The number of anilines is 1. The molecular weight excluding hydrogens is 281 g/mol. The molecule has 0 heterocycles. The van der Waals surface area contributed by atoms with E-state index >= 15 is 0 Å². The van der Waals surface area contributed by atoms with Gasteiger partial charge in [0, 0.05) is 20.1 Å². The van der Waals surface area contributed by atoms with Gasteiger partial charge in [-0.05, 0) is 20.2 Å². The summed E-state index contributed by atoms with van der Waals surface area (Å²) in [6.07, 6.45) is 0. The molecule has 0 aliphatic heterocycles. The lowest BCUT2D eigenvalue weighted by Crippen LogP contribution is -2.29. The van der Waals surface area contributed by atoms with Crippen molar-refractivity contribution in [3.05, 3.63) is 33.6 Å². The van der Waals surface area contributed by atoms with Gasteiger partial charge in [-0.25, -0.2) is 9.18 Å². The predicted molar refractivity (Wildman–Crippen MR) is 76.2 cm³/mol. The molecule has 7 nitrogen and oxygen atoms in total. The second-order valence-electron chi connectivity index (χ2n) is 4.79. The molecular formula is C13H18FN3O4. The normalized spacial score (nSPS) is 10.6. The van der Waals surface area contributed by atoms with E-state index in [1.54, 1.807) is 11.9 Å². The highest BCUT2D eigenvalue weighted by Gasteiger charge is 2.24. The second-order valence-corrected chi connectivity index (χ2v) is 4.79. The summed E-state index contributed by atoms with van der Waals surface area (Å²) in [5.74, 6) is -1.84. The number of nitro benzene ring substituents is 1. The Morgan fingerprint density at radius 2 is 1.95 bits per heavy atom. The molecule has 0 aliphatic carbocycles. The van der Waals surface area contributed by atoms with Crippen LogP contribution < -0.4 is 4.90 Å². The quantitative estimate of drug-likeness (QED) is 0.450. The standard InChI is InChI=1S/C13H18FN3O4/c1-15(2)5-6-16(3)11-7-9(13(18)21-4)10(14)8-12(11)17(19)20/h7-8H,5-6H2,1-4H3. The van der Waals surface area contributed by atoms with Crippen LogP contribution in [0.25, 0.3) is 0 Å². The Kier molecular flexibility index (Phi) is 5.60. The number of likely N-dealkylation sites (N-methyl/N-ethyl adjacent to an activating group) is 2. The second kappa shape index (κ2) is 6.98. The van der Waals surface area contributed by atoms with Crippen molar-refractivity contribution in [3.8, 4) is 0 Å². The predicted octanol–water partition coefficient (Wildman–Crippen LogP) is 1.52. The van der Waals surface area contributed by atoms with Crippen LogP contribution in [0.1, 0.15) is 10.4 Å². The van der Waals surface area contributed by atoms with Gasteiger partial charge in [0.25, 0.3) is 5.69 Å². The lowest BCUT2D eigenvalue weighted by Gasteiger charge is -2.22. The molecule has 1 aromatic rings. The van der Waals surface area contributed by atoms with Crippen molar-refractivity contribution in [2.24, 2.45) is 0 Å². The summed E-state index contributed by atoms with van der Waals surface area (Å²) in [7, 11) is 6.50. The zero-order chi connectivity index (χ0) is 16.2. The molecule has 0 unspecified atom stereocenters. The van der Waals surface area contributed by atoms with Gasteiger partial charge < -0.3 is 14.5 Å². The largest absolute Gasteiger partial charge is 0.465 e. The van der Waals surface area contributed by atoms with Crippen LogP contribution in [-0.4, -0.2) is 57.1 Å². The minimum Gasteiger partial charge on any atom is -0.465 e. The van der Waals surface area contributed by atoms with E-state index in [-0.39, 0.29) is 16.9 Å². The fourth-order valence-electron chi connectivity index (χ4n) is 1.74. The number of rotatable bonds is 6. The van der Waals surface area contributed by atoms with Crippen LogP contribution in [0.3, 0.4) is 0 Å². The van der Waals surface area contributed by atoms with E-state index in [0.717, 1.165) is 19.2 Å². The summed E-state index contributed by atoms with van der Waals surface area (Å²) in [4.78, 5) is 25.4. The van der Waals surface area contributed by atoms with E-state index in [4.69, 9.17) is 0 Å². The van der Waals surface area contributed by atoms with Crippen molar-refractivity contribution >= 4 is 17.3 Å². The molecule has 0 amide bonds. The molecule has 0 aromatic heterocycles. The minimum atomic E-state index is -0.974. The van der Waals surface area contributed by atoms with Gasteiger partial charge in [0.15, 0.2) is 0 Å². The number of carbonyl (C=O) groups excluding carboxylic acids is 1. The maximum Gasteiger partial charge on any atom is 0.340 e. The number of nitrogens with zero attached hydrogens (tertiary/aromatic N) is 3. The van der Waals surface area contributed by atoms with Crippen LogP contribution in [0.2, 0.25) is 0 Å². The van der Waals surface area contributed by atoms with Gasteiger partial charge in [0.1, 0.15) is 11.5 Å². The molecule has 8 heteroatoms. The molecule has 1 rings (SSSR count). The number of hydrogen-bond acceptors (Lipinski definition) is 6. The monoisotopic (exact) mass is 299 g/mol. The highest BCUT2D eigenvalue weighted by molar-refractivity contribution is 5.92. The Hall–Kier alpha value is -2.22. The first kappa shape index (κ1) is 16.8. The molecule has 1 aromatic carbocycles. The van der Waals surface area contributed by atoms with E-state index in [0.29, 0.717) is 13.1 Å². The topological polar surface area (TPSA) is 75.9 Å². The van der Waals surface area contributed by atoms with Crippen LogP contribution in [-0.2, 0) is 4.74 Å². The van der Waals surface area contributed by atoms with Crippen molar-refractivity contribution in [2.75, 3.05) is 46.2 Å². The van der Waals surface area contributed by atoms with Gasteiger partial charge in [-0.1, -0.05) is 0 Å². The third-order valence-corrected chi connectivity index (χ3v) is 2.96. The molecule has 0 N–H and O–H groups in total. The Morgan fingerprint density at radius 1 is 1.33 bits per heavy atom. The van der Waals surface area contributed by atoms with Crippen molar-refractivity contribution in [2.45, 2.75) is 0 Å². The summed E-state index contributed by atoms with van der Waals surface area (Å²) in [5, 5.41) is 11.1. The first-order valence-electron chi connectivity index (χ1n) is 6.20. The van der Waals surface area contributed by atoms with Crippen molar-refractivity contribution in [1.29, 1.82) is 0 Å². The highest BCUT2D eigenvalue weighted by Crippen LogP contribution is 2.30. The fraction of sp³-hybridized carbons (Fsp3) is 0.462. The van der Waals surface area contributed by atoms with E-state index in [1.807, 2.05) is 19.0 Å². The number of benzene rings is 1. The van der Waals surface area contributed by atoms with Crippen molar-refractivity contribution < 1.29 is 18.8 Å². The molecule has 0 atom stereocenters. The lowest BCUT2D eigenvalue weighted by atomic mass is 10.1. The summed E-state index contributed by atoms with van der Waals surface area (Å²) in [6, 6.07) is 1.89. The van der Waals surface area contributed by atoms with Gasteiger partial charge >= 0.3 is 5.97 Å². The number of esters is 1. The smallest absolute Gasteiger partial charge is 0.340 e. The third-order valence-electron chi connectivity index (χ3n) is 2.96. The zero-order valence-corrected chi connectivity index (χ0v) is 12.4. The number of nitro groups is 1. The first-order valence-corrected chi connectivity index (χ1v) is 6.20. The minimum absolute atomic E-state index is 0.170.